The summed E-state index contributed by atoms with van der Waals surface area (Å²) in [4.78, 5) is 10.5. The molecule has 1 aromatic carbocycles. The van der Waals surface area contributed by atoms with Crippen LogP contribution in [0.2, 0.25) is 5.02 Å². The normalized spacial score (nSPS) is 12.5. The second-order valence-electron chi connectivity index (χ2n) is 3.31. The van der Waals surface area contributed by atoms with Crippen molar-refractivity contribution in [3.05, 3.63) is 34.1 Å². The molecule has 0 amide bonds. The molecule has 0 radical (unpaired) electrons. The average Bonchev–Trinajstić information content (AvgIpc) is 2.09. The van der Waals surface area contributed by atoms with Crippen molar-refractivity contribution in [2.45, 2.75) is 19.4 Å². The maximum Gasteiger partial charge on any atom is 0.305 e. The van der Waals surface area contributed by atoms with Crippen LogP contribution in [0.1, 0.15) is 23.6 Å². The topological polar surface area (TPSA) is 63.3 Å². The van der Waals surface area contributed by atoms with Gasteiger partial charge in [0.15, 0.2) is 0 Å². The van der Waals surface area contributed by atoms with E-state index in [1.54, 1.807) is 6.92 Å². The quantitative estimate of drug-likeness (QED) is 0.839. The minimum absolute atomic E-state index is 0.249. The van der Waals surface area contributed by atoms with Gasteiger partial charge in [-0.05, 0) is 30.2 Å². The van der Waals surface area contributed by atoms with E-state index in [1.807, 2.05) is 0 Å². The molecule has 5 heteroatoms. The van der Waals surface area contributed by atoms with Crippen molar-refractivity contribution in [1.29, 1.82) is 0 Å². The van der Waals surface area contributed by atoms with Crippen molar-refractivity contribution in [1.82, 2.24) is 0 Å². The number of carboxylic acid groups (broad SMARTS) is 1. The summed E-state index contributed by atoms with van der Waals surface area (Å²) in [6, 6.07) is 1.65. The monoisotopic (exact) mass is 231 g/mol. The van der Waals surface area contributed by atoms with E-state index in [2.05, 4.69) is 0 Å². The van der Waals surface area contributed by atoms with E-state index in [0.717, 1.165) is 0 Å². The van der Waals surface area contributed by atoms with Crippen molar-refractivity contribution in [3.63, 3.8) is 0 Å². The Morgan fingerprint density at radius 2 is 2.27 bits per heavy atom. The van der Waals surface area contributed by atoms with Gasteiger partial charge in [0.25, 0.3) is 0 Å². The molecule has 0 bridgehead atoms. The van der Waals surface area contributed by atoms with Gasteiger partial charge in [-0.3, -0.25) is 4.79 Å². The molecule has 0 aliphatic heterocycles. The Kier molecular flexibility index (Phi) is 3.66. The lowest BCUT2D eigenvalue weighted by Gasteiger charge is -2.13. The number of nitrogens with two attached hydrogens (primary N) is 1. The number of hydrogen-bond donors (Lipinski definition) is 2. The molecule has 1 aromatic rings. The van der Waals surface area contributed by atoms with Crippen molar-refractivity contribution >= 4 is 17.6 Å². The molecule has 0 fully saturated rings. The smallest absolute Gasteiger partial charge is 0.305 e. The van der Waals surface area contributed by atoms with Gasteiger partial charge in [-0.25, -0.2) is 4.39 Å². The molecular formula is C10H11ClFNO2. The zero-order chi connectivity index (χ0) is 11.6. The Bertz CT molecular complexity index is 395. The third-order valence-corrected chi connectivity index (χ3v) is 2.54. The lowest BCUT2D eigenvalue weighted by Crippen LogP contribution is -2.16. The summed E-state index contributed by atoms with van der Waals surface area (Å²) >= 11 is 5.76. The highest BCUT2D eigenvalue weighted by atomic mass is 35.5. The highest BCUT2D eigenvalue weighted by molar-refractivity contribution is 6.31. The van der Waals surface area contributed by atoms with Gasteiger partial charge in [-0.1, -0.05) is 11.6 Å². The summed E-state index contributed by atoms with van der Waals surface area (Å²) in [5, 5.41) is 8.82. The largest absolute Gasteiger partial charge is 0.481 e. The molecular weight excluding hydrogens is 221 g/mol. The van der Waals surface area contributed by atoms with Crippen LogP contribution in [-0.4, -0.2) is 11.1 Å². The Hall–Kier alpha value is -1.13. The van der Waals surface area contributed by atoms with E-state index in [0.29, 0.717) is 11.1 Å². The van der Waals surface area contributed by atoms with Crippen LogP contribution in [0.3, 0.4) is 0 Å². The van der Waals surface area contributed by atoms with Crippen LogP contribution in [0.4, 0.5) is 4.39 Å². The van der Waals surface area contributed by atoms with Crippen molar-refractivity contribution < 1.29 is 14.3 Å². The Balaban J connectivity index is 3.07. The standard InChI is InChI=1S/C10H11ClFNO2/c1-5-7(9(13)4-10(14)15)2-6(12)3-8(5)11/h2-3,9H,4,13H2,1H3,(H,14,15). The molecule has 0 aromatic heterocycles. The van der Waals surface area contributed by atoms with Crippen LogP contribution in [0.15, 0.2) is 12.1 Å². The fourth-order valence-electron chi connectivity index (χ4n) is 1.35. The third kappa shape index (κ3) is 2.91. The van der Waals surface area contributed by atoms with Gasteiger partial charge >= 0.3 is 5.97 Å². The third-order valence-electron chi connectivity index (χ3n) is 2.14. The fourth-order valence-corrected chi connectivity index (χ4v) is 1.56. The molecule has 3 N–H and O–H groups in total. The lowest BCUT2D eigenvalue weighted by molar-refractivity contribution is -0.137. The summed E-state index contributed by atoms with van der Waals surface area (Å²) in [6.45, 7) is 1.68. The molecule has 1 unspecified atom stereocenters. The molecule has 82 valence electrons. The molecule has 0 heterocycles. The number of halogens is 2. The number of benzene rings is 1. The highest BCUT2D eigenvalue weighted by Gasteiger charge is 2.15. The average molecular weight is 232 g/mol. The molecule has 1 atom stereocenters. The van der Waals surface area contributed by atoms with Crippen molar-refractivity contribution in [3.8, 4) is 0 Å². The molecule has 3 nitrogen and oxygen atoms in total. The van der Waals surface area contributed by atoms with E-state index < -0.39 is 17.8 Å². The van der Waals surface area contributed by atoms with E-state index >= 15 is 0 Å². The lowest BCUT2D eigenvalue weighted by atomic mass is 9.99. The van der Waals surface area contributed by atoms with Gasteiger partial charge in [0.05, 0.1) is 6.42 Å². The second kappa shape index (κ2) is 4.59. The van der Waals surface area contributed by atoms with Gasteiger partial charge in [0, 0.05) is 11.1 Å². The van der Waals surface area contributed by atoms with E-state index in [9.17, 15) is 9.18 Å². The van der Waals surface area contributed by atoms with Gasteiger partial charge in [-0.2, -0.15) is 0 Å². The summed E-state index contributed by atoms with van der Waals surface area (Å²) in [6.07, 6.45) is -0.249. The van der Waals surface area contributed by atoms with Crippen LogP contribution in [0.5, 0.6) is 0 Å². The first-order chi connectivity index (χ1) is 6.91. The molecule has 1 rings (SSSR count). The van der Waals surface area contributed by atoms with Crippen LogP contribution >= 0.6 is 11.6 Å². The van der Waals surface area contributed by atoms with Gasteiger partial charge in [0.2, 0.25) is 0 Å². The predicted molar refractivity (Wildman–Crippen MR) is 55.3 cm³/mol. The number of rotatable bonds is 3. The SMILES string of the molecule is Cc1c(Cl)cc(F)cc1C(N)CC(=O)O. The van der Waals surface area contributed by atoms with Gasteiger partial charge in [-0.15, -0.1) is 0 Å². The molecule has 0 saturated carbocycles. The Morgan fingerprint density at radius 3 is 2.80 bits per heavy atom. The zero-order valence-electron chi connectivity index (χ0n) is 8.13. The van der Waals surface area contributed by atoms with Crippen LogP contribution < -0.4 is 5.73 Å². The summed E-state index contributed by atoms with van der Waals surface area (Å²) in [5.74, 6) is -1.54. The Morgan fingerprint density at radius 1 is 1.67 bits per heavy atom. The van der Waals surface area contributed by atoms with Crippen LogP contribution in [0.25, 0.3) is 0 Å². The van der Waals surface area contributed by atoms with Crippen LogP contribution in [0, 0.1) is 12.7 Å². The van der Waals surface area contributed by atoms with Crippen LogP contribution in [-0.2, 0) is 4.79 Å². The number of aliphatic carboxylic acids is 1. The molecule has 0 aliphatic carbocycles. The van der Waals surface area contributed by atoms with E-state index in [1.165, 1.54) is 12.1 Å². The first-order valence-corrected chi connectivity index (χ1v) is 4.72. The number of hydrogen-bond acceptors (Lipinski definition) is 2. The van der Waals surface area contributed by atoms with Gasteiger partial charge in [0.1, 0.15) is 5.82 Å². The highest BCUT2D eigenvalue weighted by Crippen LogP contribution is 2.26. The minimum atomic E-state index is -1.03. The van der Waals surface area contributed by atoms with E-state index in [4.69, 9.17) is 22.4 Å². The van der Waals surface area contributed by atoms with E-state index in [-0.39, 0.29) is 11.4 Å². The number of carbonyl (C=O) groups is 1. The summed E-state index contributed by atoms with van der Waals surface area (Å²) in [7, 11) is 0. The molecule has 15 heavy (non-hydrogen) atoms. The number of carboxylic acids is 1. The maximum atomic E-state index is 13.0. The maximum absolute atomic E-state index is 13.0. The minimum Gasteiger partial charge on any atom is -0.481 e. The first kappa shape index (κ1) is 11.9. The van der Waals surface area contributed by atoms with Crippen molar-refractivity contribution in [2.24, 2.45) is 5.73 Å². The molecule has 0 saturated heterocycles. The van der Waals surface area contributed by atoms with Crippen molar-refractivity contribution in [2.75, 3.05) is 0 Å². The second-order valence-corrected chi connectivity index (χ2v) is 3.71. The molecule has 0 aliphatic rings. The summed E-state index contributed by atoms with van der Waals surface area (Å²) < 4.78 is 13.0. The predicted octanol–water partition coefficient (Wildman–Crippen LogP) is 2.26. The Labute approximate surface area is 91.7 Å². The first-order valence-electron chi connectivity index (χ1n) is 4.34. The molecule has 0 spiro atoms. The van der Waals surface area contributed by atoms with Gasteiger partial charge < -0.3 is 10.8 Å². The summed E-state index contributed by atoms with van der Waals surface area (Å²) in [5.41, 5.74) is 6.68. The zero-order valence-corrected chi connectivity index (χ0v) is 8.88. The fraction of sp³-hybridized carbons (Fsp3) is 0.300.